The topological polar surface area (TPSA) is 99.9 Å². The van der Waals surface area contributed by atoms with E-state index in [9.17, 15) is 9.59 Å². The molecule has 0 aliphatic heterocycles. The Morgan fingerprint density at radius 2 is 1.84 bits per heavy atom. The van der Waals surface area contributed by atoms with Crippen LogP contribution in [0.25, 0.3) is 0 Å². The summed E-state index contributed by atoms with van der Waals surface area (Å²) in [6.45, 7) is 9.88. The lowest BCUT2D eigenvalue weighted by molar-refractivity contribution is -0.121. The minimum atomic E-state index is -0.853. The van der Waals surface area contributed by atoms with Gasteiger partial charge in [0.25, 0.3) is 0 Å². The Kier molecular flexibility index (Phi) is 13.7. The van der Waals surface area contributed by atoms with E-state index in [-0.39, 0.29) is 24.1 Å². The molecule has 1 atom stereocenters. The Labute approximate surface area is 198 Å². The highest BCUT2D eigenvalue weighted by Crippen LogP contribution is 2.28. The molecule has 8 heteroatoms. The average Bonchev–Trinajstić information content (AvgIpc) is 2.68. The molecule has 7 nitrogen and oxygen atoms in total. The summed E-state index contributed by atoms with van der Waals surface area (Å²) in [5.41, 5.74) is 6.07. The lowest BCUT2D eigenvalue weighted by Crippen LogP contribution is -2.46. The molecule has 0 heterocycles. The van der Waals surface area contributed by atoms with E-state index in [1.54, 1.807) is 39.0 Å². The van der Waals surface area contributed by atoms with Crippen molar-refractivity contribution in [3.63, 3.8) is 0 Å². The maximum Gasteiger partial charge on any atom is 0.514 e. The zero-order valence-electron chi connectivity index (χ0n) is 20.1. The highest BCUT2D eigenvalue weighted by molar-refractivity contribution is 5.85. The summed E-state index contributed by atoms with van der Waals surface area (Å²) < 4.78 is 15.8. The maximum absolute atomic E-state index is 12.1. The number of benzene rings is 1. The highest BCUT2D eigenvalue weighted by Gasteiger charge is 2.25. The van der Waals surface area contributed by atoms with Crippen LogP contribution in [0.2, 0.25) is 0 Å². The highest BCUT2D eigenvalue weighted by atomic mass is 35.5. The average molecular weight is 471 g/mol. The molecule has 1 aromatic rings. The number of nitrogens with one attached hydrogen (secondary N) is 1. The molecule has 1 rings (SSSR count). The summed E-state index contributed by atoms with van der Waals surface area (Å²) in [6, 6.07) is 5.09. The second-order valence-electron chi connectivity index (χ2n) is 8.61. The molecule has 0 bridgehead atoms. The first-order chi connectivity index (χ1) is 14.5. The number of carbonyl (C=O) groups excluding carboxylic acids is 2. The molecule has 32 heavy (non-hydrogen) atoms. The second kappa shape index (κ2) is 14.7. The van der Waals surface area contributed by atoms with Crippen LogP contribution in [-0.2, 0) is 16.1 Å². The molecule has 3 N–H and O–H groups in total. The van der Waals surface area contributed by atoms with Gasteiger partial charge in [-0.1, -0.05) is 32.1 Å². The Hall–Kier alpha value is -2.25. The van der Waals surface area contributed by atoms with E-state index in [0.29, 0.717) is 24.6 Å². The summed E-state index contributed by atoms with van der Waals surface area (Å²) in [5, 5.41) is 2.90. The number of unbranched alkanes of at least 4 members (excludes halogenated alkanes) is 2. The summed E-state index contributed by atoms with van der Waals surface area (Å²) in [5.74, 6) is 1.18. The number of hydrogen-bond donors (Lipinski definition) is 2. The quantitative estimate of drug-likeness (QED) is 0.190. The SMILES string of the molecule is COc1cc(CNC(=O)CCCC/C=C/C(C)C)ccc1OC(=O)OC(C)C(C)(C)N.Cl. The third kappa shape index (κ3) is 12.0. The van der Waals surface area contributed by atoms with Crippen molar-refractivity contribution in [2.24, 2.45) is 11.7 Å². The van der Waals surface area contributed by atoms with Crippen molar-refractivity contribution < 1.29 is 23.8 Å². The van der Waals surface area contributed by atoms with Gasteiger partial charge < -0.3 is 25.3 Å². The zero-order chi connectivity index (χ0) is 23.4. The van der Waals surface area contributed by atoms with Crippen LogP contribution < -0.4 is 20.5 Å². The lowest BCUT2D eigenvalue weighted by Gasteiger charge is -2.26. The number of methoxy groups -OCH3 is 1. The van der Waals surface area contributed by atoms with Crippen LogP contribution in [0.5, 0.6) is 11.5 Å². The lowest BCUT2D eigenvalue weighted by atomic mass is 10.0. The minimum absolute atomic E-state index is 0. The van der Waals surface area contributed by atoms with E-state index in [0.717, 1.165) is 24.8 Å². The van der Waals surface area contributed by atoms with E-state index >= 15 is 0 Å². The molecule has 182 valence electrons. The molecule has 1 amide bonds. The van der Waals surface area contributed by atoms with Crippen LogP contribution in [-0.4, -0.2) is 30.8 Å². The van der Waals surface area contributed by atoms with Crippen molar-refractivity contribution >= 4 is 24.5 Å². The predicted octanol–water partition coefficient (Wildman–Crippen LogP) is 5.15. The number of ether oxygens (including phenoxy) is 3. The van der Waals surface area contributed by atoms with E-state index < -0.39 is 17.8 Å². The first-order valence-corrected chi connectivity index (χ1v) is 10.8. The van der Waals surface area contributed by atoms with Gasteiger partial charge in [-0.15, -0.1) is 12.4 Å². The predicted molar refractivity (Wildman–Crippen MR) is 129 cm³/mol. The van der Waals surface area contributed by atoms with Gasteiger partial charge in [0.1, 0.15) is 6.10 Å². The van der Waals surface area contributed by atoms with Gasteiger partial charge in [-0.05, 0) is 63.6 Å². The van der Waals surface area contributed by atoms with Crippen LogP contribution in [0.4, 0.5) is 4.79 Å². The van der Waals surface area contributed by atoms with Gasteiger partial charge in [0, 0.05) is 18.5 Å². The molecular formula is C24H39ClN2O5. The first-order valence-electron chi connectivity index (χ1n) is 10.8. The second-order valence-corrected chi connectivity index (χ2v) is 8.61. The normalized spacial score (nSPS) is 12.2. The molecule has 0 aliphatic rings. The van der Waals surface area contributed by atoms with Crippen LogP contribution in [0.1, 0.15) is 65.9 Å². The summed E-state index contributed by atoms with van der Waals surface area (Å²) in [6.07, 6.45) is 6.31. The fourth-order valence-electron chi connectivity index (χ4n) is 2.52. The molecule has 1 unspecified atom stereocenters. The summed E-state index contributed by atoms with van der Waals surface area (Å²) in [7, 11) is 1.48. The monoisotopic (exact) mass is 470 g/mol. The number of carbonyl (C=O) groups is 2. The fourth-order valence-corrected chi connectivity index (χ4v) is 2.52. The van der Waals surface area contributed by atoms with Gasteiger partial charge in [0.05, 0.1) is 7.11 Å². The van der Waals surface area contributed by atoms with Crippen molar-refractivity contribution in [1.82, 2.24) is 5.32 Å². The van der Waals surface area contributed by atoms with Gasteiger partial charge in [0.15, 0.2) is 11.5 Å². The van der Waals surface area contributed by atoms with Gasteiger partial charge >= 0.3 is 6.16 Å². The molecule has 0 aliphatic carbocycles. The number of hydrogen-bond acceptors (Lipinski definition) is 6. The van der Waals surface area contributed by atoms with Crippen molar-refractivity contribution in [3.8, 4) is 11.5 Å². The van der Waals surface area contributed by atoms with E-state index in [1.165, 1.54) is 7.11 Å². The molecule has 0 aromatic heterocycles. The summed E-state index contributed by atoms with van der Waals surface area (Å²) in [4.78, 5) is 24.1. The van der Waals surface area contributed by atoms with Crippen LogP contribution in [0.3, 0.4) is 0 Å². The maximum atomic E-state index is 12.1. The number of amides is 1. The Bertz CT molecular complexity index is 744. The van der Waals surface area contributed by atoms with E-state index in [1.807, 2.05) is 0 Å². The Morgan fingerprint density at radius 3 is 2.44 bits per heavy atom. The molecule has 0 saturated carbocycles. The van der Waals surface area contributed by atoms with Gasteiger partial charge in [-0.25, -0.2) is 4.79 Å². The van der Waals surface area contributed by atoms with Crippen molar-refractivity contribution in [2.75, 3.05) is 7.11 Å². The standard InChI is InChI=1S/C24H38N2O5.ClH/c1-17(2)11-9-7-8-10-12-22(27)26-16-19-13-14-20(21(15-19)29-6)31-23(28)30-18(3)24(4,5)25;/h9,11,13-15,17-18H,7-8,10,12,16,25H2,1-6H3,(H,26,27);1H/b11-9+;. The van der Waals surface area contributed by atoms with E-state index in [4.69, 9.17) is 19.9 Å². The number of allylic oxidation sites excluding steroid dienone is 2. The molecular weight excluding hydrogens is 432 g/mol. The zero-order valence-corrected chi connectivity index (χ0v) is 20.9. The Morgan fingerprint density at radius 1 is 1.16 bits per heavy atom. The molecule has 0 spiro atoms. The summed E-state index contributed by atoms with van der Waals surface area (Å²) >= 11 is 0. The molecule has 0 saturated heterocycles. The third-order valence-electron chi connectivity index (χ3n) is 4.78. The smallest absolute Gasteiger partial charge is 0.493 e. The number of halogens is 1. The first kappa shape index (κ1) is 29.8. The van der Waals surface area contributed by atoms with E-state index in [2.05, 4.69) is 31.3 Å². The molecule has 1 aromatic carbocycles. The van der Waals surface area contributed by atoms with Crippen LogP contribution >= 0.6 is 12.4 Å². The fraction of sp³-hybridized carbons (Fsp3) is 0.583. The largest absolute Gasteiger partial charge is 0.514 e. The van der Waals surface area contributed by atoms with Crippen molar-refractivity contribution in [3.05, 3.63) is 35.9 Å². The van der Waals surface area contributed by atoms with Crippen molar-refractivity contribution in [2.45, 2.75) is 78.5 Å². The van der Waals surface area contributed by atoms with Gasteiger partial charge in [-0.3, -0.25) is 4.79 Å². The number of rotatable bonds is 12. The van der Waals surface area contributed by atoms with Crippen molar-refractivity contribution in [1.29, 1.82) is 0 Å². The minimum Gasteiger partial charge on any atom is -0.493 e. The van der Waals surface area contributed by atoms with Gasteiger partial charge in [0.2, 0.25) is 5.91 Å². The third-order valence-corrected chi connectivity index (χ3v) is 4.78. The molecule has 0 fully saturated rings. The van der Waals surface area contributed by atoms with Crippen LogP contribution in [0.15, 0.2) is 30.4 Å². The molecule has 0 radical (unpaired) electrons. The Balaban J connectivity index is 0.00000961. The van der Waals surface area contributed by atoms with Crippen LogP contribution in [0, 0.1) is 5.92 Å². The van der Waals surface area contributed by atoms with Gasteiger partial charge in [-0.2, -0.15) is 0 Å². The number of nitrogens with two attached hydrogens (primary N) is 1.